The second-order valence-corrected chi connectivity index (χ2v) is 7.50. The maximum atomic E-state index is 12.2. The molecule has 1 aliphatic rings. The molecule has 4 rings (SSSR count). The second-order valence-electron chi connectivity index (χ2n) is 7.50. The summed E-state index contributed by atoms with van der Waals surface area (Å²) in [6.45, 7) is 6.95. The molecule has 3 atom stereocenters. The first-order valence-corrected chi connectivity index (χ1v) is 9.86. The lowest BCUT2D eigenvalue weighted by molar-refractivity contribution is 0.188. The van der Waals surface area contributed by atoms with Crippen LogP contribution in [-0.4, -0.2) is 60.2 Å². The van der Waals surface area contributed by atoms with Gasteiger partial charge in [-0.25, -0.2) is 14.8 Å². The summed E-state index contributed by atoms with van der Waals surface area (Å²) in [6, 6.07) is 9.51. The molecule has 1 aliphatic heterocycles. The largest absolute Gasteiger partial charge is 0.385 e. The maximum absolute atomic E-state index is 12.2. The van der Waals surface area contributed by atoms with Gasteiger partial charge in [-0.1, -0.05) is 30.3 Å². The third-order valence-corrected chi connectivity index (χ3v) is 5.07. The predicted molar refractivity (Wildman–Crippen MR) is 112 cm³/mol. The van der Waals surface area contributed by atoms with Crippen molar-refractivity contribution in [3.8, 4) is 11.4 Å². The van der Waals surface area contributed by atoms with Gasteiger partial charge in [0.2, 0.25) is 11.9 Å². The van der Waals surface area contributed by atoms with Crippen LogP contribution in [0.3, 0.4) is 0 Å². The molecule has 1 saturated heterocycles. The van der Waals surface area contributed by atoms with Crippen molar-refractivity contribution in [3.05, 3.63) is 53.0 Å². The monoisotopic (exact) mass is 408 g/mol. The maximum Gasteiger partial charge on any atom is 0.349 e. The lowest BCUT2D eigenvalue weighted by Gasteiger charge is -2.44. The fraction of sp³-hybridized carbons (Fsp3) is 0.400. The fourth-order valence-corrected chi connectivity index (χ4v) is 3.76. The minimum atomic E-state index is -0.760. The normalized spacial score (nSPS) is 20.3. The van der Waals surface area contributed by atoms with Gasteiger partial charge in [-0.05, 0) is 20.8 Å². The van der Waals surface area contributed by atoms with E-state index in [2.05, 4.69) is 34.8 Å². The lowest BCUT2D eigenvalue weighted by atomic mass is 10.1. The van der Waals surface area contributed by atoms with Crippen molar-refractivity contribution in [2.45, 2.75) is 39.0 Å². The number of hydrogen-bond acceptors (Lipinski definition) is 9. The zero-order valence-corrected chi connectivity index (χ0v) is 17.1. The Kier molecular flexibility index (Phi) is 5.40. The molecular weight excluding hydrogens is 384 g/mol. The Bertz CT molecular complexity index is 1060. The van der Waals surface area contributed by atoms with Crippen LogP contribution in [0.4, 0.5) is 11.9 Å². The number of H-pyrrole nitrogens is 1. The summed E-state index contributed by atoms with van der Waals surface area (Å²) in [5.74, 6) is 1.76. The zero-order valence-electron chi connectivity index (χ0n) is 17.1. The van der Waals surface area contributed by atoms with Crippen LogP contribution >= 0.6 is 0 Å². The molecule has 3 heterocycles. The van der Waals surface area contributed by atoms with Gasteiger partial charge in [-0.15, -0.1) is 0 Å². The highest BCUT2D eigenvalue weighted by Gasteiger charge is 2.33. The Morgan fingerprint density at radius 2 is 1.73 bits per heavy atom. The van der Waals surface area contributed by atoms with Crippen LogP contribution in [0.2, 0.25) is 0 Å². The van der Waals surface area contributed by atoms with Gasteiger partial charge >= 0.3 is 5.69 Å². The van der Waals surface area contributed by atoms with E-state index in [0.29, 0.717) is 36.6 Å². The van der Waals surface area contributed by atoms with Gasteiger partial charge in [0.25, 0.3) is 0 Å². The molecule has 30 heavy (non-hydrogen) atoms. The van der Waals surface area contributed by atoms with Crippen molar-refractivity contribution in [1.29, 1.82) is 0 Å². The number of aromatic amines is 1. The summed E-state index contributed by atoms with van der Waals surface area (Å²) in [5, 5.41) is 9.76. The van der Waals surface area contributed by atoms with Crippen LogP contribution < -0.4 is 15.5 Å². The van der Waals surface area contributed by atoms with E-state index in [4.69, 9.17) is 0 Å². The molecule has 1 fully saturated rings. The van der Waals surface area contributed by atoms with Crippen molar-refractivity contribution >= 4 is 11.9 Å². The van der Waals surface area contributed by atoms with Gasteiger partial charge in [0.1, 0.15) is 18.3 Å². The van der Waals surface area contributed by atoms with E-state index in [1.54, 1.807) is 6.92 Å². The zero-order chi connectivity index (χ0) is 21.3. The second kappa shape index (κ2) is 8.15. The molecule has 10 nitrogen and oxygen atoms in total. The van der Waals surface area contributed by atoms with Crippen LogP contribution in [0, 0.1) is 0 Å². The molecule has 3 aromatic rings. The van der Waals surface area contributed by atoms with Gasteiger partial charge in [0.15, 0.2) is 5.82 Å². The minimum absolute atomic E-state index is 0.00550. The highest BCUT2D eigenvalue weighted by atomic mass is 16.3. The van der Waals surface area contributed by atoms with Crippen LogP contribution in [0.15, 0.2) is 41.5 Å². The van der Waals surface area contributed by atoms with Crippen molar-refractivity contribution in [2.24, 2.45) is 0 Å². The quantitative estimate of drug-likeness (QED) is 0.654. The van der Waals surface area contributed by atoms with Gasteiger partial charge < -0.3 is 14.9 Å². The highest BCUT2D eigenvalue weighted by molar-refractivity contribution is 5.56. The number of anilines is 2. The fourth-order valence-electron chi connectivity index (χ4n) is 3.76. The average molecular weight is 408 g/mol. The Labute approximate surface area is 173 Å². The molecule has 10 heteroatoms. The summed E-state index contributed by atoms with van der Waals surface area (Å²) in [7, 11) is 0. The van der Waals surface area contributed by atoms with Gasteiger partial charge in [-0.3, -0.25) is 4.98 Å². The summed E-state index contributed by atoms with van der Waals surface area (Å²) in [5.41, 5.74) is 0.396. The van der Waals surface area contributed by atoms with Gasteiger partial charge in [0.05, 0.1) is 0 Å². The molecule has 3 unspecified atom stereocenters. The minimum Gasteiger partial charge on any atom is -0.385 e. The molecule has 0 spiro atoms. The molecule has 2 aromatic heterocycles. The van der Waals surface area contributed by atoms with Crippen LogP contribution in [0.25, 0.3) is 11.4 Å². The Balaban J connectivity index is 1.61. The smallest absolute Gasteiger partial charge is 0.349 e. The number of benzene rings is 1. The predicted octanol–water partition coefficient (Wildman–Crippen LogP) is 1.17. The number of hydrogen-bond donors (Lipinski definition) is 2. The Morgan fingerprint density at radius 1 is 1.03 bits per heavy atom. The first-order valence-electron chi connectivity index (χ1n) is 9.86. The number of aromatic nitrogens is 6. The summed E-state index contributed by atoms with van der Waals surface area (Å²) in [6.07, 6.45) is 0.654. The third kappa shape index (κ3) is 3.99. The number of rotatable bonds is 4. The molecule has 2 N–H and O–H groups in total. The number of nitrogens with zero attached hydrogens (tertiary/aromatic N) is 7. The molecule has 1 aromatic carbocycles. The highest BCUT2D eigenvalue weighted by Crippen LogP contribution is 2.24. The molecule has 0 saturated carbocycles. The molecule has 0 aliphatic carbocycles. The average Bonchev–Trinajstić information content (AvgIpc) is 2.73. The van der Waals surface area contributed by atoms with Crippen LogP contribution in [-0.2, 0) is 0 Å². The SMILES string of the molecule is CC(O)c1ncnc(N2CC(C)N(c3nc(-c4ccccc4)[nH]c(=O)n3)C(C)C2)n1. The van der Waals surface area contributed by atoms with Crippen LogP contribution in [0.5, 0.6) is 0 Å². The van der Waals surface area contributed by atoms with Crippen molar-refractivity contribution < 1.29 is 5.11 Å². The Morgan fingerprint density at radius 3 is 2.40 bits per heavy atom. The standard InChI is InChI=1S/C20H24N8O2/c1-12-9-27(18-22-11-21-16(23-18)14(3)29)10-13(2)28(12)19-24-17(25-20(30)26-19)15-7-5-4-6-8-15/h4-8,11-14,29H,9-10H2,1-3H3,(H,24,25,26,30). The van der Waals surface area contributed by atoms with Gasteiger partial charge in [-0.2, -0.15) is 15.0 Å². The number of nitrogens with one attached hydrogen (secondary N) is 1. The number of aliphatic hydroxyl groups excluding tert-OH is 1. The molecule has 156 valence electrons. The van der Waals surface area contributed by atoms with Crippen molar-refractivity contribution in [3.63, 3.8) is 0 Å². The molecule has 0 radical (unpaired) electrons. The van der Waals surface area contributed by atoms with E-state index in [1.165, 1.54) is 6.33 Å². The van der Waals surface area contributed by atoms with E-state index in [9.17, 15) is 9.90 Å². The summed E-state index contributed by atoms with van der Waals surface area (Å²) >= 11 is 0. The van der Waals surface area contributed by atoms with Gasteiger partial charge in [0, 0.05) is 30.7 Å². The van der Waals surface area contributed by atoms with E-state index in [1.807, 2.05) is 49.1 Å². The Hall–Kier alpha value is -3.40. The first-order chi connectivity index (χ1) is 14.4. The molecule has 0 amide bonds. The van der Waals surface area contributed by atoms with E-state index in [-0.39, 0.29) is 12.1 Å². The number of aliphatic hydroxyl groups is 1. The number of piperazine rings is 1. The lowest BCUT2D eigenvalue weighted by Crippen LogP contribution is -2.58. The van der Waals surface area contributed by atoms with E-state index in [0.717, 1.165) is 5.56 Å². The summed E-state index contributed by atoms with van der Waals surface area (Å²) < 4.78 is 0. The van der Waals surface area contributed by atoms with E-state index < -0.39 is 11.8 Å². The topological polar surface area (TPSA) is 124 Å². The molecular formula is C20H24N8O2. The first kappa shape index (κ1) is 19.9. The van der Waals surface area contributed by atoms with E-state index >= 15 is 0 Å². The van der Waals surface area contributed by atoms with Crippen molar-refractivity contribution in [2.75, 3.05) is 22.9 Å². The van der Waals surface area contributed by atoms with Crippen LogP contribution in [0.1, 0.15) is 32.7 Å². The van der Waals surface area contributed by atoms with Crippen molar-refractivity contribution in [1.82, 2.24) is 29.9 Å². The molecule has 0 bridgehead atoms. The summed E-state index contributed by atoms with van der Waals surface area (Å²) in [4.78, 5) is 40.5. The third-order valence-electron chi connectivity index (χ3n) is 5.07.